The average molecular weight is 246 g/mol. The first-order chi connectivity index (χ1) is 8.74. The van der Waals surface area contributed by atoms with Gasteiger partial charge < -0.3 is 14.0 Å². The monoisotopic (exact) mass is 246 g/mol. The molecule has 5 nitrogen and oxygen atoms in total. The Hall–Kier alpha value is -1.72. The molecule has 0 unspecified atom stereocenters. The Balaban J connectivity index is 2.10. The first-order valence-electron chi connectivity index (χ1n) is 5.93. The Kier molecular flexibility index (Phi) is 2.85. The van der Waals surface area contributed by atoms with Gasteiger partial charge in [-0.05, 0) is 24.6 Å². The van der Waals surface area contributed by atoms with Crippen molar-refractivity contribution in [1.82, 2.24) is 9.55 Å². The second-order valence-corrected chi connectivity index (χ2v) is 4.37. The average Bonchev–Trinajstić information content (AvgIpc) is 2.86. The van der Waals surface area contributed by atoms with E-state index in [1.54, 1.807) is 16.8 Å². The fourth-order valence-electron chi connectivity index (χ4n) is 2.12. The van der Waals surface area contributed by atoms with Crippen LogP contribution in [0, 0.1) is 6.92 Å². The molecule has 0 saturated carbocycles. The van der Waals surface area contributed by atoms with E-state index >= 15 is 0 Å². The van der Waals surface area contributed by atoms with Gasteiger partial charge in [-0.25, -0.2) is 0 Å². The van der Waals surface area contributed by atoms with Crippen LogP contribution in [0.25, 0.3) is 11.0 Å². The van der Waals surface area contributed by atoms with E-state index in [0.717, 1.165) is 16.6 Å². The molecule has 94 valence electrons. The van der Waals surface area contributed by atoms with Crippen LogP contribution < -0.4 is 5.56 Å². The molecule has 1 aliphatic rings. The van der Waals surface area contributed by atoms with Crippen LogP contribution in [0.3, 0.4) is 0 Å². The number of rotatable bonds is 2. The van der Waals surface area contributed by atoms with Gasteiger partial charge in [0.25, 0.3) is 5.56 Å². The summed E-state index contributed by atoms with van der Waals surface area (Å²) < 4.78 is 12.4. The fourth-order valence-corrected chi connectivity index (χ4v) is 2.12. The highest BCUT2D eigenvalue weighted by molar-refractivity contribution is 5.74. The van der Waals surface area contributed by atoms with Gasteiger partial charge in [-0.3, -0.25) is 9.78 Å². The van der Waals surface area contributed by atoms with Crippen LogP contribution in [0.1, 0.15) is 5.56 Å². The van der Waals surface area contributed by atoms with E-state index in [2.05, 4.69) is 4.98 Å². The predicted octanol–water partition coefficient (Wildman–Crippen LogP) is 1.08. The maximum absolute atomic E-state index is 12.0. The predicted molar refractivity (Wildman–Crippen MR) is 66.4 cm³/mol. The van der Waals surface area contributed by atoms with E-state index in [4.69, 9.17) is 9.47 Å². The lowest BCUT2D eigenvalue weighted by Gasteiger charge is -2.13. The molecule has 3 rings (SSSR count). The summed E-state index contributed by atoms with van der Waals surface area (Å²) in [6, 6.07) is 5.22. The van der Waals surface area contributed by atoms with Crippen LogP contribution in [0.5, 0.6) is 0 Å². The van der Waals surface area contributed by atoms with Crippen LogP contribution in [0.4, 0.5) is 0 Å². The summed E-state index contributed by atoms with van der Waals surface area (Å²) >= 11 is 0. The molecule has 2 aromatic heterocycles. The SMILES string of the molecule is Cc1cnc2ccc(=O)n(CC3OCCO3)c2c1. The van der Waals surface area contributed by atoms with Gasteiger partial charge >= 0.3 is 0 Å². The van der Waals surface area contributed by atoms with Gasteiger partial charge in [0.1, 0.15) is 0 Å². The number of nitrogens with zero attached hydrogens (tertiary/aromatic N) is 2. The molecule has 1 fully saturated rings. The molecule has 0 amide bonds. The normalized spacial score (nSPS) is 16.5. The number of pyridine rings is 2. The van der Waals surface area contributed by atoms with Crippen LogP contribution >= 0.6 is 0 Å². The standard InChI is InChI=1S/C13H14N2O3/c1-9-6-11-10(14-7-9)2-3-12(16)15(11)8-13-17-4-5-18-13/h2-3,6-7,13H,4-5,8H2,1H3. The number of fused-ring (bicyclic) bond motifs is 1. The van der Waals surface area contributed by atoms with Crippen molar-refractivity contribution in [3.63, 3.8) is 0 Å². The third kappa shape index (κ3) is 2.02. The van der Waals surface area contributed by atoms with Crippen molar-refractivity contribution in [2.75, 3.05) is 13.2 Å². The number of hydrogen-bond acceptors (Lipinski definition) is 4. The van der Waals surface area contributed by atoms with Crippen molar-refractivity contribution >= 4 is 11.0 Å². The van der Waals surface area contributed by atoms with E-state index in [0.29, 0.717) is 19.8 Å². The Morgan fingerprint density at radius 3 is 2.94 bits per heavy atom. The van der Waals surface area contributed by atoms with E-state index in [1.807, 2.05) is 13.0 Å². The minimum Gasteiger partial charge on any atom is -0.348 e. The smallest absolute Gasteiger partial charge is 0.251 e. The van der Waals surface area contributed by atoms with E-state index in [9.17, 15) is 4.79 Å². The fraction of sp³-hybridized carbons (Fsp3) is 0.385. The maximum atomic E-state index is 12.0. The molecule has 0 aliphatic carbocycles. The summed E-state index contributed by atoms with van der Waals surface area (Å²) in [6.45, 7) is 3.53. The van der Waals surface area contributed by atoms with Crippen molar-refractivity contribution in [1.29, 1.82) is 0 Å². The first kappa shape index (κ1) is 11.4. The molecule has 0 N–H and O–H groups in total. The molecule has 0 bridgehead atoms. The molecule has 1 saturated heterocycles. The van der Waals surface area contributed by atoms with Crippen molar-refractivity contribution in [2.45, 2.75) is 19.8 Å². The minimum absolute atomic E-state index is 0.0611. The quantitative estimate of drug-likeness (QED) is 0.795. The van der Waals surface area contributed by atoms with Crippen LogP contribution in [0.15, 0.2) is 29.2 Å². The van der Waals surface area contributed by atoms with E-state index in [-0.39, 0.29) is 11.8 Å². The highest BCUT2D eigenvalue weighted by Crippen LogP contribution is 2.13. The molecule has 0 aromatic carbocycles. The molecule has 3 heterocycles. The highest BCUT2D eigenvalue weighted by atomic mass is 16.7. The molecule has 0 atom stereocenters. The molecule has 5 heteroatoms. The second kappa shape index (κ2) is 4.51. The molecule has 1 aliphatic heterocycles. The summed E-state index contributed by atoms with van der Waals surface area (Å²) in [4.78, 5) is 16.3. The topological polar surface area (TPSA) is 53.4 Å². The van der Waals surface area contributed by atoms with Gasteiger partial charge in [0, 0.05) is 12.3 Å². The number of aromatic nitrogens is 2. The molecular weight excluding hydrogens is 232 g/mol. The van der Waals surface area contributed by atoms with Gasteiger partial charge in [0.05, 0.1) is 30.8 Å². The zero-order valence-corrected chi connectivity index (χ0v) is 10.1. The van der Waals surface area contributed by atoms with E-state index in [1.165, 1.54) is 6.07 Å². The molecule has 0 radical (unpaired) electrons. The van der Waals surface area contributed by atoms with Crippen molar-refractivity contribution in [2.24, 2.45) is 0 Å². The minimum atomic E-state index is -0.339. The third-order valence-corrected chi connectivity index (χ3v) is 3.00. The van der Waals surface area contributed by atoms with Crippen molar-refractivity contribution in [3.8, 4) is 0 Å². The second-order valence-electron chi connectivity index (χ2n) is 4.37. The van der Waals surface area contributed by atoms with Crippen LogP contribution in [0.2, 0.25) is 0 Å². The van der Waals surface area contributed by atoms with E-state index < -0.39 is 0 Å². The van der Waals surface area contributed by atoms with Gasteiger partial charge in [-0.1, -0.05) is 0 Å². The molecule has 2 aromatic rings. The number of ether oxygens (including phenoxy) is 2. The summed E-state index contributed by atoms with van der Waals surface area (Å²) in [6.07, 6.45) is 1.45. The Bertz CT molecular complexity index is 630. The summed E-state index contributed by atoms with van der Waals surface area (Å²) in [5, 5.41) is 0. The van der Waals surface area contributed by atoms with Crippen molar-refractivity contribution in [3.05, 3.63) is 40.3 Å². The Morgan fingerprint density at radius 2 is 2.17 bits per heavy atom. The van der Waals surface area contributed by atoms with Crippen LogP contribution in [-0.2, 0) is 16.0 Å². The Labute approximate surface area is 104 Å². The van der Waals surface area contributed by atoms with Gasteiger partial charge in [0.2, 0.25) is 0 Å². The largest absolute Gasteiger partial charge is 0.348 e. The van der Waals surface area contributed by atoms with Crippen molar-refractivity contribution < 1.29 is 9.47 Å². The van der Waals surface area contributed by atoms with Gasteiger partial charge in [0.15, 0.2) is 6.29 Å². The zero-order valence-electron chi connectivity index (χ0n) is 10.1. The summed E-state index contributed by atoms with van der Waals surface area (Å²) in [7, 11) is 0. The summed E-state index contributed by atoms with van der Waals surface area (Å²) in [5.74, 6) is 0. The highest BCUT2D eigenvalue weighted by Gasteiger charge is 2.18. The van der Waals surface area contributed by atoms with Gasteiger partial charge in [-0.15, -0.1) is 0 Å². The number of aryl methyl sites for hydroxylation is 1. The maximum Gasteiger partial charge on any atom is 0.251 e. The lowest BCUT2D eigenvalue weighted by molar-refractivity contribution is -0.0522. The molecular formula is C13H14N2O3. The Morgan fingerprint density at radius 1 is 1.39 bits per heavy atom. The number of hydrogen-bond donors (Lipinski definition) is 0. The lowest BCUT2D eigenvalue weighted by Crippen LogP contribution is -2.27. The summed E-state index contributed by atoms with van der Waals surface area (Å²) in [5.41, 5.74) is 2.59. The molecule has 0 spiro atoms. The van der Waals surface area contributed by atoms with Crippen LogP contribution in [-0.4, -0.2) is 29.1 Å². The third-order valence-electron chi connectivity index (χ3n) is 3.00. The zero-order chi connectivity index (χ0) is 12.5. The molecule has 18 heavy (non-hydrogen) atoms. The van der Waals surface area contributed by atoms with Gasteiger partial charge in [-0.2, -0.15) is 0 Å². The first-order valence-corrected chi connectivity index (χ1v) is 5.93. The lowest BCUT2D eigenvalue weighted by atomic mass is 10.2.